The van der Waals surface area contributed by atoms with Crippen molar-refractivity contribution in [3.05, 3.63) is 12.7 Å². The average molecular weight is 746 g/mol. The van der Waals surface area contributed by atoms with E-state index in [2.05, 4.69) is 41.7 Å². The van der Waals surface area contributed by atoms with Crippen LogP contribution in [0.4, 0.5) is 4.79 Å². The Bertz CT molecular complexity index is 1490. The molecule has 1 heterocycles. The third-order valence-corrected chi connectivity index (χ3v) is 15.9. The van der Waals surface area contributed by atoms with Crippen LogP contribution in [0.15, 0.2) is 12.7 Å². The second-order valence-corrected chi connectivity index (χ2v) is 20.8. The summed E-state index contributed by atoms with van der Waals surface area (Å²) in [6.45, 7) is 13.3. The van der Waals surface area contributed by atoms with Crippen LogP contribution in [0.5, 0.6) is 0 Å². The Morgan fingerprint density at radius 1 is 0.904 bits per heavy atom. The molecule has 3 unspecified atom stereocenters. The number of amides is 5. The molecule has 4 N–H and O–H groups in total. The van der Waals surface area contributed by atoms with Gasteiger partial charge in [0.15, 0.2) is 9.84 Å². The van der Waals surface area contributed by atoms with E-state index in [0.717, 1.165) is 70.6 Å². The smallest absolute Gasteiger partial charge is 0.315 e. The molecule has 5 rings (SSSR count). The van der Waals surface area contributed by atoms with E-state index in [-0.39, 0.29) is 47.3 Å². The molecule has 13 heteroatoms. The normalized spacial score (nSPS) is 26.9. The van der Waals surface area contributed by atoms with E-state index in [9.17, 15) is 32.4 Å². The minimum absolute atomic E-state index is 0.0813. The number of likely N-dealkylation sites (tertiary alicyclic amines) is 1. The molecule has 52 heavy (non-hydrogen) atoms. The van der Waals surface area contributed by atoms with E-state index in [0.29, 0.717) is 25.8 Å². The first-order chi connectivity index (χ1) is 24.4. The molecule has 0 radical (unpaired) electrons. The highest BCUT2D eigenvalue weighted by molar-refractivity contribution is 7.92. The summed E-state index contributed by atoms with van der Waals surface area (Å²) in [6, 6.07) is -3.31. The number of fused-ring (bicyclic) bond motifs is 1. The highest BCUT2D eigenvalue weighted by Gasteiger charge is 2.70. The first kappa shape index (κ1) is 40.2. The van der Waals surface area contributed by atoms with Crippen LogP contribution in [-0.2, 0) is 29.0 Å². The Hall–Kier alpha value is -2.96. The largest absolute Gasteiger partial charge is 0.346 e. The number of rotatable bonds is 14. The molecule has 0 aromatic heterocycles. The van der Waals surface area contributed by atoms with Gasteiger partial charge in [-0.25, -0.2) is 13.2 Å². The van der Waals surface area contributed by atoms with E-state index < -0.39 is 61.9 Å². The lowest BCUT2D eigenvalue weighted by Gasteiger charge is -2.41. The zero-order valence-corrected chi connectivity index (χ0v) is 32.9. The lowest BCUT2D eigenvalue weighted by atomic mass is 9.80. The molecular weight excluding hydrogens is 683 g/mol. The summed E-state index contributed by atoms with van der Waals surface area (Å²) in [7, 11) is -3.56. The first-order valence-electron chi connectivity index (χ1n) is 19.8. The van der Waals surface area contributed by atoms with E-state index in [1.165, 1.54) is 6.08 Å². The number of nitrogens with zero attached hydrogens (tertiary/aromatic N) is 1. The van der Waals surface area contributed by atoms with Crippen LogP contribution in [0.3, 0.4) is 0 Å². The molecule has 5 amide bonds. The topological polar surface area (TPSA) is 171 Å². The van der Waals surface area contributed by atoms with Gasteiger partial charge < -0.3 is 26.2 Å². The number of sulfone groups is 1. The summed E-state index contributed by atoms with van der Waals surface area (Å²) in [5, 5.41) is 11.6. The Labute approximate surface area is 310 Å². The van der Waals surface area contributed by atoms with Gasteiger partial charge in [0.05, 0.1) is 22.1 Å². The van der Waals surface area contributed by atoms with E-state index in [4.69, 9.17) is 0 Å². The predicted octanol–water partition coefficient (Wildman–Crippen LogP) is 4.18. The van der Waals surface area contributed by atoms with Crippen molar-refractivity contribution in [2.45, 2.75) is 153 Å². The molecule has 5 fully saturated rings. The van der Waals surface area contributed by atoms with Gasteiger partial charge >= 0.3 is 6.03 Å². The van der Waals surface area contributed by atoms with Gasteiger partial charge in [0.1, 0.15) is 12.1 Å². The number of carbonyl (C=O) groups excluding carboxylic acids is 5. The maximum atomic E-state index is 14.8. The maximum Gasteiger partial charge on any atom is 0.315 e. The summed E-state index contributed by atoms with van der Waals surface area (Å²) in [4.78, 5) is 70.7. The van der Waals surface area contributed by atoms with Crippen molar-refractivity contribution < 1.29 is 32.4 Å². The van der Waals surface area contributed by atoms with Crippen molar-refractivity contribution in [3.63, 3.8) is 0 Å². The standard InChI is InChI=1S/C39H63N5O7S/c1-7-21-40-34(47)32(45)28(22-25-15-14-16-25)41-33(46)31-29-27(38(29,5)6)23-44(31)35(48)30(26-17-10-8-11-18-26)42-36(49)43-39(19-12-9-13-20-39)24-52(50,51)37(2,3)4/h7,25-31H,1,8-24H2,2-6H3,(H,40,47)(H,41,46)(H2,42,43,49)/t27?,28?,29?,30-,31-/m0/s1. The second-order valence-electron chi connectivity index (χ2n) is 18.0. The van der Waals surface area contributed by atoms with Gasteiger partial charge in [-0.3, -0.25) is 19.2 Å². The monoisotopic (exact) mass is 745 g/mol. The Balaban J connectivity index is 1.37. The highest BCUT2D eigenvalue weighted by atomic mass is 32.2. The first-order valence-corrected chi connectivity index (χ1v) is 21.4. The zero-order valence-electron chi connectivity index (χ0n) is 32.1. The molecule has 0 aromatic rings. The van der Waals surface area contributed by atoms with Crippen LogP contribution >= 0.6 is 0 Å². The fourth-order valence-electron chi connectivity index (χ4n) is 9.33. The second kappa shape index (κ2) is 15.8. The summed E-state index contributed by atoms with van der Waals surface area (Å²) in [6.07, 6.45) is 12.8. The fraction of sp³-hybridized carbons (Fsp3) is 0.821. The fourth-order valence-corrected chi connectivity index (χ4v) is 10.9. The van der Waals surface area contributed by atoms with Crippen molar-refractivity contribution in [2.24, 2.45) is 29.1 Å². The van der Waals surface area contributed by atoms with Crippen LogP contribution < -0.4 is 21.3 Å². The molecule has 4 aliphatic carbocycles. The zero-order chi connectivity index (χ0) is 38.1. The maximum absolute atomic E-state index is 14.8. The van der Waals surface area contributed by atoms with Gasteiger partial charge in [-0.1, -0.05) is 77.7 Å². The van der Waals surface area contributed by atoms with E-state index in [1.54, 1.807) is 25.7 Å². The molecule has 1 aliphatic heterocycles. The molecule has 0 aromatic carbocycles. The van der Waals surface area contributed by atoms with Crippen LogP contribution in [0.25, 0.3) is 0 Å². The number of urea groups is 1. The third kappa shape index (κ3) is 8.70. The summed E-state index contributed by atoms with van der Waals surface area (Å²) >= 11 is 0. The molecule has 5 aliphatic rings. The lowest BCUT2D eigenvalue weighted by molar-refractivity contribution is -0.145. The van der Waals surface area contributed by atoms with Crippen LogP contribution in [-0.4, -0.2) is 90.1 Å². The number of Topliss-reactive ketones (excluding diaryl/α,β-unsaturated/α-hetero) is 1. The summed E-state index contributed by atoms with van der Waals surface area (Å²) in [5.41, 5.74) is -1.12. The molecular formula is C39H63N5O7S. The number of carbonyl (C=O) groups is 5. The third-order valence-electron chi connectivity index (χ3n) is 13.1. The van der Waals surface area contributed by atoms with E-state index >= 15 is 0 Å². The highest BCUT2D eigenvalue weighted by Crippen LogP contribution is 2.65. The Kier molecular flexibility index (Phi) is 12.2. The minimum Gasteiger partial charge on any atom is -0.346 e. The van der Waals surface area contributed by atoms with Gasteiger partial charge in [0, 0.05) is 13.1 Å². The van der Waals surface area contributed by atoms with Gasteiger partial charge in [-0.2, -0.15) is 0 Å². The Morgan fingerprint density at radius 2 is 1.54 bits per heavy atom. The summed E-state index contributed by atoms with van der Waals surface area (Å²) < 4.78 is 25.8. The number of nitrogens with one attached hydrogen (secondary N) is 4. The molecule has 4 saturated carbocycles. The number of hydrogen-bond donors (Lipinski definition) is 4. The van der Waals surface area contributed by atoms with Crippen molar-refractivity contribution >= 4 is 39.4 Å². The molecule has 1 saturated heterocycles. The van der Waals surface area contributed by atoms with Gasteiger partial charge in [0.25, 0.3) is 5.91 Å². The predicted molar refractivity (Wildman–Crippen MR) is 200 cm³/mol. The minimum atomic E-state index is -3.56. The quantitative estimate of drug-likeness (QED) is 0.153. The van der Waals surface area contributed by atoms with Crippen LogP contribution in [0, 0.1) is 29.1 Å². The van der Waals surface area contributed by atoms with Crippen LogP contribution in [0.1, 0.15) is 125 Å². The average Bonchev–Trinajstić information content (AvgIpc) is 3.37. The van der Waals surface area contributed by atoms with Crippen LogP contribution in [0.2, 0.25) is 0 Å². The Morgan fingerprint density at radius 3 is 2.12 bits per heavy atom. The molecule has 5 atom stereocenters. The number of ketones is 1. The van der Waals surface area contributed by atoms with Gasteiger partial charge in [0.2, 0.25) is 17.6 Å². The molecule has 0 spiro atoms. The van der Waals surface area contributed by atoms with E-state index in [1.807, 2.05) is 0 Å². The number of piperidine rings is 1. The van der Waals surface area contributed by atoms with Crippen molar-refractivity contribution in [1.29, 1.82) is 0 Å². The van der Waals surface area contributed by atoms with Crippen molar-refractivity contribution in [2.75, 3.05) is 18.8 Å². The molecule has 292 valence electrons. The SMILES string of the molecule is C=CCNC(=O)C(=O)C(CC1CCC1)NC(=O)[C@@H]1C2C(CN1C(=O)[C@@H](NC(=O)NC1(CS(=O)(=O)C(C)(C)C)CCCCC1)C1CCCCC1)C2(C)C. The van der Waals surface area contributed by atoms with Crippen molar-refractivity contribution in [1.82, 2.24) is 26.2 Å². The lowest BCUT2D eigenvalue weighted by Crippen LogP contribution is -2.63. The molecule has 12 nitrogen and oxygen atoms in total. The van der Waals surface area contributed by atoms with Gasteiger partial charge in [-0.15, -0.1) is 6.58 Å². The molecule has 0 bridgehead atoms. The summed E-state index contributed by atoms with van der Waals surface area (Å²) in [5.74, 6) is -2.35. The number of hydrogen-bond acceptors (Lipinski definition) is 7. The van der Waals surface area contributed by atoms with Gasteiger partial charge in [-0.05, 0) is 82.0 Å². The van der Waals surface area contributed by atoms with Crippen molar-refractivity contribution in [3.8, 4) is 0 Å².